The van der Waals surface area contributed by atoms with Crippen LogP contribution in [0.4, 0.5) is 4.79 Å². The zero-order chi connectivity index (χ0) is 19.2. The molecule has 1 aliphatic rings. The summed E-state index contributed by atoms with van der Waals surface area (Å²) in [6.45, 7) is 8.50. The Kier molecular flexibility index (Phi) is 6.32. The predicted molar refractivity (Wildman–Crippen MR) is 102 cm³/mol. The van der Waals surface area contributed by atoms with Crippen molar-refractivity contribution in [2.45, 2.75) is 52.5 Å². The van der Waals surface area contributed by atoms with E-state index in [0.717, 1.165) is 42.7 Å². The molecule has 0 spiro atoms. The van der Waals surface area contributed by atoms with Gasteiger partial charge in [0.1, 0.15) is 5.75 Å². The fourth-order valence-electron chi connectivity index (χ4n) is 3.30. The molecule has 0 unspecified atom stereocenters. The van der Waals surface area contributed by atoms with E-state index < -0.39 is 0 Å². The first-order chi connectivity index (χ1) is 13.1. The van der Waals surface area contributed by atoms with Crippen LogP contribution in [0.1, 0.15) is 54.9 Å². The number of hydrogen-bond acceptors (Lipinski definition) is 5. The van der Waals surface area contributed by atoms with Crippen LogP contribution in [0.15, 0.2) is 22.7 Å². The molecule has 27 heavy (non-hydrogen) atoms. The van der Waals surface area contributed by atoms with Gasteiger partial charge in [-0.1, -0.05) is 18.1 Å². The smallest absolute Gasteiger partial charge is 0.317 e. The molecule has 1 saturated heterocycles. The third-order valence-corrected chi connectivity index (χ3v) is 4.82. The number of amides is 2. The number of nitrogens with one attached hydrogen (secondary N) is 1. The van der Waals surface area contributed by atoms with Crippen molar-refractivity contribution in [1.29, 1.82) is 0 Å². The van der Waals surface area contributed by atoms with Gasteiger partial charge in [0, 0.05) is 19.6 Å². The summed E-state index contributed by atoms with van der Waals surface area (Å²) in [5.41, 5.74) is 2.20. The maximum Gasteiger partial charge on any atom is 0.317 e. The van der Waals surface area contributed by atoms with Crippen molar-refractivity contribution < 1.29 is 14.1 Å². The first-order valence-corrected chi connectivity index (χ1v) is 9.62. The molecule has 1 atom stereocenters. The molecule has 1 N–H and O–H groups in total. The molecule has 7 heteroatoms. The third kappa shape index (κ3) is 4.99. The fraction of sp³-hybridized carbons (Fsp3) is 0.550. The molecule has 1 aromatic carbocycles. The van der Waals surface area contributed by atoms with Gasteiger partial charge in [-0.2, -0.15) is 4.98 Å². The summed E-state index contributed by atoms with van der Waals surface area (Å²) in [7, 11) is 0. The molecule has 1 aromatic heterocycles. The van der Waals surface area contributed by atoms with Gasteiger partial charge in [0.05, 0.1) is 12.5 Å². The van der Waals surface area contributed by atoms with Crippen LogP contribution in [-0.2, 0) is 6.54 Å². The lowest BCUT2D eigenvalue weighted by Crippen LogP contribution is -2.44. The minimum absolute atomic E-state index is 0.0540. The van der Waals surface area contributed by atoms with Gasteiger partial charge in [-0.05, 0) is 56.4 Å². The first kappa shape index (κ1) is 19.2. The molecule has 2 amide bonds. The molecule has 0 saturated carbocycles. The lowest BCUT2D eigenvalue weighted by Gasteiger charge is -2.31. The Balaban J connectivity index is 1.54. The average Bonchev–Trinajstić information content (AvgIpc) is 3.12. The van der Waals surface area contributed by atoms with Crippen molar-refractivity contribution >= 4 is 6.03 Å². The van der Waals surface area contributed by atoms with Crippen LogP contribution < -0.4 is 10.1 Å². The standard InChI is InChI=1S/C20H28N4O3/c1-4-10-26-18-8-7-16(14(2)11-18)12-21-20(25)24-9-5-6-17(13-24)19-22-15(3)23-27-19/h7-8,11,17H,4-6,9-10,12-13H2,1-3H3,(H,21,25)/t17-/m0/s1. The fourth-order valence-corrected chi connectivity index (χ4v) is 3.30. The number of carbonyl (C=O) groups excluding carboxylic acids is 1. The number of benzene rings is 1. The lowest BCUT2D eigenvalue weighted by atomic mass is 9.98. The summed E-state index contributed by atoms with van der Waals surface area (Å²) in [6, 6.07) is 5.94. The van der Waals surface area contributed by atoms with E-state index in [-0.39, 0.29) is 11.9 Å². The topological polar surface area (TPSA) is 80.5 Å². The largest absolute Gasteiger partial charge is 0.494 e. The molecule has 2 aromatic rings. The lowest BCUT2D eigenvalue weighted by molar-refractivity contribution is 0.171. The van der Waals surface area contributed by atoms with Gasteiger partial charge in [-0.25, -0.2) is 4.79 Å². The van der Waals surface area contributed by atoms with Crippen LogP contribution in [0.25, 0.3) is 0 Å². The number of likely N-dealkylation sites (tertiary alicyclic amines) is 1. The average molecular weight is 372 g/mol. The maximum atomic E-state index is 12.6. The van der Waals surface area contributed by atoms with Crippen LogP contribution in [0.3, 0.4) is 0 Å². The summed E-state index contributed by atoms with van der Waals surface area (Å²) >= 11 is 0. The van der Waals surface area contributed by atoms with E-state index >= 15 is 0 Å². The Morgan fingerprint density at radius 1 is 1.41 bits per heavy atom. The number of piperidine rings is 1. The van der Waals surface area contributed by atoms with E-state index in [1.165, 1.54) is 0 Å². The van der Waals surface area contributed by atoms with Gasteiger partial charge in [0.15, 0.2) is 5.82 Å². The van der Waals surface area contributed by atoms with Crippen molar-refractivity contribution in [3.05, 3.63) is 41.0 Å². The van der Waals surface area contributed by atoms with Gasteiger partial charge >= 0.3 is 6.03 Å². The number of aryl methyl sites for hydroxylation is 2. The zero-order valence-corrected chi connectivity index (χ0v) is 16.3. The number of ether oxygens (including phenoxy) is 1. The minimum Gasteiger partial charge on any atom is -0.494 e. The second-order valence-corrected chi connectivity index (χ2v) is 7.06. The SMILES string of the molecule is CCCOc1ccc(CNC(=O)N2CCC[C@H](c3nc(C)no3)C2)c(C)c1. The number of hydrogen-bond donors (Lipinski definition) is 1. The van der Waals surface area contributed by atoms with Gasteiger partial charge in [-0.3, -0.25) is 0 Å². The summed E-state index contributed by atoms with van der Waals surface area (Å²) in [5, 5.41) is 6.89. The highest BCUT2D eigenvalue weighted by Crippen LogP contribution is 2.25. The van der Waals surface area contributed by atoms with Gasteiger partial charge in [0.25, 0.3) is 0 Å². The molecular weight excluding hydrogens is 344 g/mol. The van der Waals surface area contributed by atoms with E-state index in [0.29, 0.717) is 31.4 Å². The van der Waals surface area contributed by atoms with Crippen molar-refractivity contribution in [3.8, 4) is 5.75 Å². The number of carbonyl (C=O) groups is 1. The Morgan fingerprint density at radius 2 is 2.26 bits per heavy atom. The molecule has 2 heterocycles. The number of rotatable bonds is 6. The number of aromatic nitrogens is 2. The van der Waals surface area contributed by atoms with Crippen molar-refractivity contribution in [2.24, 2.45) is 0 Å². The molecule has 146 valence electrons. The zero-order valence-electron chi connectivity index (χ0n) is 16.3. The second kappa shape index (κ2) is 8.88. The summed E-state index contributed by atoms with van der Waals surface area (Å²) in [4.78, 5) is 18.7. The van der Waals surface area contributed by atoms with Crippen LogP contribution in [0, 0.1) is 13.8 Å². The van der Waals surface area contributed by atoms with E-state index in [1.807, 2.05) is 30.0 Å². The normalized spacial score (nSPS) is 17.0. The van der Waals surface area contributed by atoms with Crippen LogP contribution in [0.2, 0.25) is 0 Å². The molecule has 0 bridgehead atoms. The Morgan fingerprint density at radius 3 is 2.96 bits per heavy atom. The van der Waals surface area contributed by atoms with Crippen LogP contribution in [0.5, 0.6) is 5.75 Å². The Labute approximate surface area is 160 Å². The minimum atomic E-state index is -0.0540. The highest BCUT2D eigenvalue weighted by Gasteiger charge is 2.28. The molecule has 3 rings (SSSR count). The summed E-state index contributed by atoms with van der Waals surface area (Å²) in [5.74, 6) is 2.25. The molecular formula is C20H28N4O3. The number of urea groups is 1. The van der Waals surface area contributed by atoms with Crippen LogP contribution >= 0.6 is 0 Å². The highest BCUT2D eigenvalue weighted by atomic mass is 16.5. The van der Waals surface area contributed by atoms with Gasteiger partial charge in [-0.15, -0.1) is 0 Å². The molecule has 1 fully saturated rings. The maximum absolute atomic E-state index is 12.6. The van der Waals surface area contributed by atoms with Crippen molar-refractivity contribution in [1.82, 2.24) is 20.4 Å². The summed E-state index contributed by atoms with van der Waals surface area (Å²) < 4.78 is 10.9. The van der Waals surface area contributed by atoms with Crippen LogP contribution in [-0.4, -0.2) is 40.8 Å². The van der Waals surface area contributed by atoms with E-state index in [1.54, 1.807) is 6.92 Å². The van der Waals surface area contributed by atoms with E-state index in [2.05, 4.69) is 22.4 Å². The quantitative estimate of drug-likeness (QED) is 0.838. The molecule has 0 aliphatic carbocycles. The second-order valence-electron chi connectivity index (χ2n) is 7.06. The van der Waals surface area contributed by atoms with Gasteiger partial charge < -0.3 is 19.5 Å². The van der Waals surface area contributed by atoms with Crippen molar-refractivity contribution in [3.63, 3.8) is 0 Å². The molecule has 0 radical (unpaired) electrons. The van der Waals surface area contributed by atoms with E-state index in [4.69, 9.17) is 9.26 Å². The number of nitrogens with zero attached hydrogens (tertiary/aromatic N) is 3. The van der Waals surface area contributed by atoms with Gasteiger partial charge in [0.2, 0.25) is 5.89 Å². The Bertz CT molecular complexity index is 774. The highest BCUT2D eigenvalue weighted by molar-refractivity contribution is 5.74. The third-order valence-electron chi connectivity index (χ3n) is 4.82. The molecule has 1 aliphatic heterocycles. The summed E-state index contributed by atoms with van der Waals surface area (Å²) in [6.07, 6.45) is 2.88. The van der Waals surface area contributed by atoms with Crippen molar-refractivity contribution in [2.75, 3.05) is 19.7 Å². The van der Waals surface area contributed by atoms with E-state index in [9.17, 15) is 4.79 Å². The Hall–Kier alpha value is -2.57. The first-order valence-electron chi connectivity index (χ1n) is 9.62. The predicted octanol–water partition coefficient (Wildman–Crippen LogP) is 3.56. The monoisotopic (exact) mass is 372 g/mol. The molecule has 7 nitrogen and oxygen atoms in total.